The summed E-state index contributed by atoms with van der Waals surface area (Å²) in [6.07, 6.45) is 3.95. The van der Waals surface area contributed by atoms with Crippen LogP contribution in [0, 0.1) is 5.92 Å². The molecule has 0 aliphatic heterocycles. The highest BCUT2D eigenvalue weighted by Gasteiger charge is 2.39. The zero-order valence-electron chi connectivity index (χ0n) is 10.7. The zero-order chi connectivity index (χ0) is 13.9. The second-order valence-corrected chi connectivity index (χ2v) is 5.55. The van der Waals surface area contributed by atoms with Crippen molar-refractivity contribution in [1.29, 1.82) is 0 Å². The molecule has 0 radical (unpaired) electrons. The summed E-state index contributed by atoms with van der Waals surface area (Å²) >= 11 is 1.46. The molecule has 1 saturated carbocycles. The second-order valence-electron chi connectivity index (χ2n) is 4.73. The van der Waals surface area contributed by atoms with E-state index in [4.69, 9.17) is 0 Å². The van der Waals surface area contributed by atoms with Crippen LogP contribution in [0.2, 0.25) is 0 Å². The molecule has 104 valence electrons. The van der Waals surface area contributed by atoms with Crippen molar-refractivity contribution in [2.75, 3.05) is 11.6 Å². The van der Waals surface area contributed by atoms with Gasteiger partial charge >= 0.3 is 0 Å². The Hall–Kier alpha value is -1.17. The normalized spacial score (nSPS) is 21.9. The van der Waals surface area contributed by atoms with Crippen LogP contribution in [0.4, 0.5) is 14.5 Å². The first kappa shape index (κ1) is 14.2. The van der Waals surface area contributed by atoms with Gasteiger partial charge in [-0.05, 0) is 31.2 Å². The summed E-state index contributed by atoms with van der Waals surface area (Å²) in [5, 5.41) is 3.48. The minimum absolute atomic E-state index is 0.108. The van der Waals surface area contributed by atoms with Gasteiger partial charge in [-0.25, -0.2) is 13.8 Å². The molecule has 3 nitrogen and oxygen atoms in total. The Kier molecular flexibility index (Phi) is 4.39. The van der Waals surface area contributed by atoms with Crippen molar-refractivity contribution >= 4 is 23.4 Å². The van der Waals surface area contributed by atoms with Crippen LogP contribution in [0.15, 0.2) is 23.4 Å². The molecule has 1 aliphatic rings. The summed E-state index contributed by atoms with van der Waals surface area (Å²) in [5.74, 6) is -3.63. The van der Waals surface area contributed by atoms with E-state index in [2.05, 4.69) is 10.3 Å². The van der Waals surface area contributed by atoms with Crippen LogP contribution in [0.3, 0.4) is 0 Å². The smallest absolute Gasteiger partial charge is 0.248 e. The largest absolute Gasteiger partial charge is 0.326 e. The van der Waals surface area contributed by atoms with Crippen molar-refractivity contribution in [3.63, 3.8) is 0 Å². The molecule has 1 unspecified atom stereocenters. The fourth-order valence-electron chi connectivity index (χ4n) is 2.24. The van der Waals surface area contributed by atoms with Gasteiger partial charge < -0.3 is 5.32 Å². The average molecular weight is 286 g/mol. The molecule has 0 saturated heterocycles. The molecule has 1 aromatic rings. The van der Waals surface area contributed by atoms with Gasteiger partial charge in [0.15, 0.2) is 0 Å². The number of nitrogens with one attached hydrogen (secondary N) is 1. The number of carbonyl (C=O) groups is 1. The van der Waals surface area contributed by atoms with E-state index in [0.717, 1.165) is 5.03 Å². The van der Waals surface area contributed by atoms with Crippen molar-refractivity contribution in [2.24, 2.45) is 5.92 Å². The van der Waals surface area contributed by atoms with Gasteiger partial charge in [0.1, 0.15) is 0 Å². The molecule has 1 aromatic heterocycles. The number of alkyl halides is 2. The Morgan fingerprint density at radius 3 is 3.05 bits per heavy atom. The van der Waals surface area contributed by atoms with Crippen LogP contribution in [-0.4, -0.2) is 23.1 Å². The minimum Gasteiger partial charge on any atom is -0.326 e. The van der Waals surface area contributed by atoms with Gasteiger partial charge in [0, 0.05) is 30.6 Å². The van der Waals surface area contributed by atoms with Crippen molar-refractivity contribution in [2.45, 2.75) is 36.6 Å². The number of thioether (sulfide) groups is 1. The molecule has 0 spiro atoms. The van der Waals surface area contributed by atoms with Gasteiger partial charge in [-0.15, -0.1) is 11.8 Å². The third-order valence-electron chi connectivity index (χ3n) is 3.22. The standard InChI is InChI=1S/C13H16F2N2OS/c1-19-11-7-10(4-6-16-11)17-12(18)9-3-2-5-13(14,15)8-9/h4,6-7,9H,2-3,5,8H2,1H3,(H,16,17,18). The fraction of sp³-hybridized carbons (Fsp3) is 0.538. The Morgan fingerprint density at radius 2 is 2.37 bits per heavy atom. The van der Waals surface area contributed by atoms with E-state index >= 15 is 0 Å². The predicted octanol–water partition coefficient (Wildman–Crippen LogP) is 3.57. The molecule has 1 N–H and O–H groups in total. The molecule has 1 fully saturated rings. The summed E-state index contributed by atoms with van der Waals surface area (Å²) in [6.45, 7) is 0. The van der Waals surface area contributed by atoms with Crippen molar-refractivity contribution in [3.8, 4) is 0 Å². The number of aromatic nitrogens is 1. The van der Waals surface area contributed by atoms with Gasteiger partial charge in [-0.1, -0.05) is 0 Å². The third kappa shape index (κ3) is 3.89. The molecular formula is C13H16F2N2OS. The van der Waals surface area contributed by atoms with Gasteiger partial charge in [-0.2, -0.15) is 0 Å². The van der Waals surface area contributed by atoms with Gasteiger partial charge in [-0.3, -0.25) is 4.79 Å². The van der Waals surface area contributed by atoms with Crippen LogP contribution >= 0.6 is 11.8 Å². The lowest BCUT2D eigenvalue weighted by atomic mass is 9.86. The maximum atomic E-state index is 13.3. The number of pyridine rings is 1. The van der Waals surface area contributed by atoms with Crippen molar-refractivity contribution < 1.29 is 13.6 Å². The number of rotatable bonds is 3. The monoisotopic (exact) mass is 286 g/mol. The number of hydrogen-bond acceptors (Lipinski definition) is 3. The lowest BCUT2D eigenvalue weighted by Gasteiger charge is -2.27. The summed E-state index contributed by atoms with van der Waals surface area (Å²) in [7, 11) is 0. The van der Waals surface area contributed by atoms with E-state index in [0.29, 0.717) is 18.5 Å². The quantitative estimate of drug-likeness (QED) is 0.864. The summed E-state index contributed by atoms with van der Waals surface area (Å²) in [5.41, 5.74) is 0.609. The Morgan fingerprint density at radius 1 is 1.58 bits per heavy atom. The topological polar surface area (TPSA) is 42.0 Å². The number of carbonyl (C=O) groups excluding carboxylic acids is 1. The average Bonchev–Trinajstić information content (AvgIpc) is 2.37. The van der Waals surface area contributed by atoms with E-state index in [1.54, 1.807) is 18.3 Å². The number of amides is 1. The van der Waals surface area contributed by atoms with Crippen LogP contribution in [-0.2, 0) is 4.79 Å². The molecule has 2 rings (SSSR count). The van der Waals surface area contributed by atoms with E-state index < -0.39 is 11.8 Å². The van der Waals surface area contributed by atoms with E-state index in [1.165, 1.54) is 11.8 Å². The molecule has 1 atom stereocenters. The Bertz CT molecular complexity index is 468. The number of nitrogens with zero attached hydrogens (tertiary/aromatic N) is 1. The molecule has 1 aliphatic carbocycles. The van der Waals surface area contributed by atoms with Crippen LogP contribution in [0.5, 0.6) is 0 Å². The third-order valence-corrected chi connectivity index (χ3v) is 3.86. The molecule has 19 heavy (non-hydrogen) atoms. The predicted molar refractivity (Wildman–Crippen MR) is 71.6 cm³/mol. The molecule has 0 bridgehead atoms. The Labute approximate surface area is 115 Å². The number of halogens is 2. The first-order chi connectivity index (χ1) is 9.00. The molecule has 1 heterocycles. The first-order valence-corrected chi connectivity index (χ1v) is 7.41. The highest BCUT2D eigenvalue weighted by molar-refractivity contribution is 7.98. The first-order valence-electron chi connectivity index (χ1n) is 6.19. The highest BCUT2D eigenvalue weighted by atomic mass is 32.2. The zero-order valence-corrected chi connectivity index (χ0v) is 11.5. The molecular weight excluding hydrogens is 270 g/mol. The summed E-state index contributed by atoms with van der Waals surface area (Å²) in [6, 6.07) is 3.40. The van der Waals surface area contributed by atoms with Gasteiger partial charge in [0.2, 0.25) is 11.8 Å². The van der Waals surface area contributed by atoms with E-state index in [1.807, 2.05) is 6.26 Å². The molecule has 1 amide bonds. The van der Waals surface area contributed by atoms with Gasteiger partial charge in [0.05, 0.1) is 5.03 Å². The summed E-state index contributed by atoms with van der Waals surface area (Å²) < 4.78 is 26.6. The van der Waals surface area contributed by atoms with Crippen LogP contribution in [0.25, 0.3) is 0 Å². The van der Waals surface area contributed by atoms with Crippen LogP contribution < -0.4 is 5.32 Å². The lowest BCUT2D eigenvalue weighted by Crippen LogP contribution is -2.33. The number of hydrogen-bond donors (Lipinski definition) is 1. The molecule has 0 aromatic carbocycles. The maximum absolute atomic E-state index is 13.3. The maximum Gasteiger partial charge on any atom is 0.248 e. The summed E-state index contributed by atoms with van der Waals surface area (Å²) in [4.78, 5) is 16.1. The minimum atomic E-state index is -2.71. The van der Waals surface area contributed by atoms with E-state index in [-0.39, 0.29) is 18.7 Å². The van der Waals surface area contributed by atoms with Crippen molar-refractivity contribution in [1.82, 2.24) is 4.98 Å². The number of anilines is 1. The SMILES string of the molecule is CSc1cc(NC(=O)C2CCCC(F)(F)C2)ccn1. The van der Waals surface area contributed by atoms with Gasteiger partial charge in [0.25, 0.3) is 0 Å². The highest BCUT2D eigenvalue weighted by Crippen LogP contribution is 2.37. The van der Waals surface area contributed by atoms with Crippen LogP contribution in [0.1, 0.15) is 25.7 Å². The Balaban J connectivity index is 2.00. The van der Waals surface area contributed by atoms with Crippen molar-refractivity contribution in [3.05, 3.63) is 18.3 Å². The second kappa shape index (κ2) is 5.86. The lowest BCUT2D eigenvalue weighted by molar-refractivity contribution is -0.127. The molecule has 6 heteroatoms. The fourth-order valence-corrected chi connectivity index (χ4v) is 2.65. The van der Waals surface area contributed by atoms with E-state index in [9.17, 15) is 13.6 Å².